The number of halogens is 2. The van der Waals surface area contributed by atoms with Gasteiger partial charge in [-0.15, -0.1) is 0 Å². The Hall–Kier alpha value is -2.67. The zero-order chi connectivity index (χ0) is 20.4. The fourth-order valence-corrected chi connectivity index (χ4v) is 4.63. The Morgan fingerprint density at radius 1 is 1.03 bits per heavy atom. The van der Waals surface area contributed by atoms with E-state index in [9.17, 15) is 0 Å². The van der Waals surface area contributed by atoms with E-state index < -0.39 is 0 Å². The molecule has 2 unspecified atom stereocenters. The lowest BCUT2D eigenvalue weighted by Gasteiger charge is -2.56. The fraction of sp³-hybridized carbons (Fsp3) is 0.227. The number of hydrogen-bond donors (Lipinski definition) is 1. The molecule has 150 valence electrons. The molecule has 0 radical (unpaired) electrons. The molecule has 1 N–H and O–H groups in total. The van der Waals surface area contributed by atoms with E-state index >= 15 is 0 Å². The Morgan fingerprint density at radius 2 is 1.83 bits per heavy atom. The standard InChI is InChI=1S/C22H18Cl2N6/c1-12-26-21-19(13-6-8-14(23)9-7-13)20(15-4-2-3-5-16(15)24)28-30(21)22(27-12)29-11-17-18(29)10-25-17/h2-9,17-18,25H,10-11H2,1H3. The average molecular weight is 437 g/mol. The van der Waals surface area contributed by atoms with Gasteiger partial charge in [-0.3, -0.25) is 0 Å². The molecule has 0 aliphatic carbocycles. The van der Waals surface area contributed by atoms with E-state index in [1.54, 1.807) is 0 Å². The molecule has 0 saturated carbocycles. The number of nitrogens with zero attached hydrogens (tertiary/aromatic N) is 5. The van der Waals surface area contributed by atoms with Crippen molar-refractivity contribution in [3.05, 3.63) is 64.4 Å². The Labute approximate surface area is 183 Å². The van der Waals surface area contributed by atoms with Gasteiger partial charge in [0.05, 0.1) is 16.6 Å². The van der Waals surface area contributed by atoms with E-state index in [1.807, 2.05) is 60.0 Å². The van der Waals surface area contributed by atoms with Gasteiger partial charge in [0.2, 0.25) is 5.95 Å². The van der Waals surface area contributed by atoms with E-state index in [-0.39, 0.29) is 0 Å². The summed E-state index contributed by atoms with van der Waals surface area (Å²) in [6, 6.07) is 16.5. The van der Waals surface area contributed by atoms with Crippen LogP contribution in [0.25, 0.3) is 28.0 Å². The van der Waals surface area contributed by atoms with Crippen LogP contribution in [-0.4, -0.2) is 44.8 Å². The summed E-state index contributed by atoms with van der Waals surface area (Å²) < 4.78 is 1.87. The van der Waals surface area contributed by atoms with Crippen LogP contribution in [0.5, 0.6) is 0 Å². The summed E-state index contributed by atoms with van der Waals surface area (Å²) in [6.45, 7) is 3.82. The highest BCUT2D eigenvalue weighted by molar-refractivity contribution is 6.33. The summed E-state index contributed by atoms with van der Waals surface area (Å²) >= 11 is 12.7. The number of aromatic nitrogens is 4. The molecule has 2 fully saturated rings. The van der Waals surface area contributed by atoms with Gasteiger partial charge in [-0.2, -0.15) is 14.6 Å². The molecular weight excluding hydrogens is 419 g/mol. The highest BCUT2D eigenvalue weighted by Gasteiger charge is 2.47. The van der Waals surface area contributed by atoms with Gasteiger partial charge < -0.3 is 10.2 Å². The van der Waals surface area contributed by atoms with Crippen LogP contribution in [0.1, 0.15) is 5.82 Å². The molecule has 6 rings (SSSR count). The highest BCUT2D eigenvalue weighted by atomic mass is 35.5. The predicted molar refractivity (Wildman–Crippen MR) is 119 cm³/mol. The lowest BCUT2D eigenvalue weighted by atomic mass is 9.89. The maximum atomic E-state index is 6.57. The molecule has 0 amide bonds. The number of anilines is 1. The summed E-state index contributed by atoms with van der Waals surface area (Å²) in [5.41, 5.74) is 4.33. The van der Waals surface area contributed by atoms with Crippen molar-refractivity contribution in [3.63, 3.8) is 0 Å². The van der Waals surface area contributed by atoms with Crippen molar-refractivity contribution in [2.45, 2.75) is 19.0 Å². The fourth-order valence-electron chi connectivity index (χ4n) is 4.28. The Morgan fingerprint density at radius 3 is 2.50 bits per heavy atom. The minimum absolute atomic E-state index is 0.467. The van der Waals surface area contributed by atoms with Crippen LogP contribution < -0.4 is 10.2 Å². The molecule has 6 nitrogen and oxygen atoms in total. The van der Waals surface area contributed by atoms with Gasteiger partial charge in [-0.1, -0.05) is 53.5 Å². The number of rotatable bonds is 3. The summed E-state index contributed by atoms with van der Waals surface area (Å²) in [7, 11) is 0. The van der Waals surface area contributed by atoms with Gasteiger partial charge >= 0.3 is 0 Å². The highest BCUT2D eigenvalue weighted by Crippen LogP contribution is 2.40. The zero-order valence-corrected chi connectivity index (χ0v) is 17.7. The largest absolute Gasteiger partial charge is 0.333 e. The number of aryl methyl sites for hydroxylation is 1. The summed E-state index contributed by atoms with van der Waals surface area (Å²) in [6.07, 6.45) is 0. The van der Waals surface area contributed by atoms with Crippen molar-refractivity contribution in [1.29, 1.82) is 0 Å². The number of piperazine rings is 1. The van der Waals surface area contributed by atoms with Crippen LogP contribution in [0.2, 0.25) is 10.0 Å². The second kappa shape index (κ2) is 6.67. The van der Waals surface area contributed by atoms with Gasteiger partial charge in [0.25, 0.3) is 0 Å². The van der Waals surface area contributed by atoms with Gasteiger partial charge in [0.15, 0.2) is 5.65 Å². The van der Waals surface area contributed by atoms with Crippen LogP contribution >= 0.6 is 23.2 Å². The quantitative estimate of drug-likeness (QED) is 0.520. The summed E-state index contributed by atoms with van der Waals surface area (Å²) in [5.74, 6) is 1.54. The van der Waals surface area contributed by atoms with Gasteiger partial charge in [-0.25, -0.2) is 4.98 Å². The lowest BCUT2D eigenvalue weighted by Crippen LogP contribution is -2.78. The SMILES string of the molecule is Cc1nc(N2CC3NCC32)n2nc(-c3ccccc3Cl)c(-c3ccc(Cl)cc3)c2n1. The molecule has 4 heterocycles. The average Bonchev–Trinajstić information content (AvgIpc) is 3.09. The molecule has 30 heavy (non-hydrogen) atoms. The van der Waals surface area contributed by atoms with Crippen molar-refractivity contribution in [2.24, 2.45) is 0 Å². The first-order chi connectivity index (χ1) is 14.6. The van der Waals surface area contributed by atoms with E-state index in [4.69, 9.17) is 38.3 Å². The van der Waals surface area contributed by atoms with E-state index in [1.165, 1.54) is 0 Å². The second-order valence-corrected chi connectivity index (χ2v) is 8.59. The maximum Gasteiger partial charge on any atom is 0.230 e. The minimum Gasteiger partial charge on any atom is -0.333 e. The van der Waals surface area contributed by atoms with Crippen LogP contribution in [-0.2, 0) is 0 Å². The Kier molecular flexibility index (Phi) is 4.03. The number of nitrogens with one attached hydrogen (secondary N) is 1. The topological polar surface area (TPSA) is 58.4 Å². The normalized spacial score (nSPS) is 20.0. The molecule has 2 saturated heterocycles. The second-order valence-electron chi connectivity index (χ2n) is 7.75. The third-order valence-electron chi connectivity index (χ3n) is 5.95. The lowest BCUT2D eigenvalue weighted by molar-refractivity contribution is 0.208. The minimum atomic E-state index is 0.467. The third kappa shape index (κ3) is 2.64. The van der Waals surface area contributed by atoms with Crippen molar-refractivity contribution < 1.29 is 0 Å². The zero-order valence-electron chi connectivity index (χ0n) is 16.2. The molecule has 2 aliphatic heterocycles. The predicted octanol–water partition coefficient (Wildman–Crippen LogP) is 4.23. The van der Waals surface area contributed by atoms with E-state index in [0.717, 1.165) is 47.1 Å². The van der Waals surface area contributed by atoms with Gasteiger partial charge in [0, 0.05) is 29.7 Å². The molecule has 2 aliphatic rings. The molecule has 2 aromatic heterocycles. The van der Waals surface area contributed by atoms with Crippen molar-refractivity contribution >= 4 is 34.8 Å². The number of hydrogen-bond acceptors (Lipinski definition) is 5. The van der Waals surface area contributed by atoms with E-state index in [2.05, 4.69) is 10.2 Å². The Balaban J connectivity index is 1.64. The monoisotopic (exact) mass is 436 g/mol. The third-order valence-corrected chi connectivity index (χ3v) is 6.53. The molecular formula is C22H18Cl2N6. The summed E-state index contributed by atoms with van der Waals surface area (Å²) in [4.78, 5) is 11.8. The van der Waals surface area contributed by atoms with Crippen LogP contribution in [0.15, 0.2) is 48.5 Å². The molecule has 0 spiro atoms. The first kappa shape index (κ1) is 18.1. The molecule has 4 aromatic rings. The van der Waals surface area contributed by atoms with Gasteiger partial charge in [0.1, 0.15) is 11.5 Å². The van der Waals surface area contributed by atoms with Crippen molar-refractivity contribution in [2.75, 3.05) is 18.0 Å². The van der Waals surface area contributed by atoms with Crippen LogP contribution in [0.3, 0.4) is 0 Å². The molecule has 2 atom stereocenters. The first-order valence-corrected chi connectivity index (χ1v) is 10.6. The number of benzene rings is 2. The first-order valence-electron chi connectivity index (χ1n) is 9.88. The van der Waals surface area contributed by atoms with Gasteiger partial charge in [-0.05, 0) is 30.7 Å². The van der Waals surface area contributed by atoms with Crippen LogP contribution in [0.4, 0.5) is 5.95 Å². The smallest absolute Gasteiger partial charge is 0.230 e. The molecule has 2 aromatic carbocycles. The van der Waals surface area contributed by atoms with Crippen molar-refractivity contribution in [3.8, 4) is 22.4 Å². The molecule has 8 heteroatoms. The van der Waals surface area contributed by atoms with E-state index in [0.29, 0.717) is 28.0 Å². The Bertz CT molecular complexity index is 1280. The van der Waals surface area contributed by atoms with Crippen molar-refractivity contribution in [1.82, 2.24) is 24.9 Å². The summed E-state index contributed by atoms with van der Waals surface area (Å²) in [5, 5.41) is 9.76. The van der Waals surface area contributed by atoms with Crippen LogP contribution in [0, 0.1) is 6.92 Å². The number of fused-ring (bicyclic) bond motifs is 2. The maximum absolute atomic E-state index is 6.57. The molecule has 0 bridgehead atoms.